The van der Waals surface area contributed by atoms with E-state index in [-0.39, 0.29) is 18.1 Å². The number of halogens is 1. The number of ether oxygens (including phenoxy) is 1. The summed E-state index contributed by atoms with van der Waals surface area (Å²) in [6, 6.07) is 27.2. The van der Waals surface area contributed by atoms with Gasteiger partial charge in [-0.15, -0.1) is 5.10 Å². The topological polar surface area (TPSA) is 72.9 Å². The number of rotatable bonds is 7. The van der Waals surface area contributed by atoms with Crippen LogP contribution in [0.5, 0.6) is 0 Å². The van der Waals surface area contributed by atoms with Crippen molar-refractivity contribution in [1.29, 1.82) is 0 Å². The Morgan fingerprint density at radius 3 is 2.71 bits per heavy atom. The van der Waals surface area contributed by atoms with E-state index >= 15 is 0 Å². The highest BCUT2D eigenvalue weighted by Gasteiger charge is 2.28. The second-order valence-electron chi connectivity index (χ2n) is 10.5. The van der Waals surface area contributed by atoms with Gasteiger partial charge in [-0.3, -0.25) is 0 Å². The largest absolute Gasteiger partial charge is 0.355 e. The van der Waals surface area contributed by atoms with Crippen molar-refractivity contribution in [2.24, 2.45) is 0 Å². The SMILES string of the molecule is Fc1cccc([C@H]2CCCN2c2ccc3ncc(-c4cccc(N5CC[N]C(OCc6ccccc6)C5)n4)n3n2)c1. The zero-order valence-corrected chi connectivity index (χ0v) is 22.7. The van der Waals surface area contributed by atoms with E-state index in [1.807, 2.05) is 65.3 Å². The number of hydrogen-bond donors (Lipinski definition) is 0. The lowest BCUT2D eigenvalue weighted by molar-refractivity contribution is 0.0131. The zero-order valence-electron chi connectivity index (χ0n) is 22.7. The van der Waals surface area contributed by atoms with Gasteiger partial charge in [0.15, 0.2) is 5.65 Å². The average Bonchev–Trinajstić information content (AvgIpc) is 3.68. The van der Waals surface area contributed by atoms with Crippen molar-refractivity contribution in [1.82, 2.24) is 24.9 Å². The van der Waals surface area contributed by atoms with Gasteiger partial charge < -0.3 is 14.5 Å². The molecule has 2 aliphatic rings. The Morgan fingerprint density at radius 1 is 0.902 bits per heavy atom. The Labute approximate surface area is 238 Å². The van der Waals surface area contributed by atoms with Crippen LogP contribution in [0.25, 0.3) is 17.0 Å². The minimum atomic E-state index is -0.211. The highest BCUT2D eigenvalue weighted by molar-refractivity contribution is 5.62. The molecule has 0 amide bonds. The van der Waals surface area contributed by atoms with Crippen molar-refractivity contribution < 1.29 is 9.13 Å². The number of benzene rings is 2. The van der Waals surface area contributed by atoms with Crippen LogP contribution in [-0.2, 0) is 11.3 Å². The number of pyridine rings is 1. The summed E-state index contributed by atoms with van der Waals surface area (Å²) >= 11 is 0. The standard InChI is InChI=1S/C32H31FN7O/c33-25-10-4-9-24(19-25)27-12-6-17-39(27)31-15-14-29-35-20-28(40(29)37-31)26-11-5-13-30(36-26)38-18-16-34-32(21-38)41-22-23-7-2-1-3-8-23/h1-5,7-11,13-15,19-20,27,32H,6,12,16-18,21-22H2/t27-,32?/m1/s1. The molecule has 9 heteroatoms. The van der Waals surface area contributed by atoms with Crippen molar-refractivity contribution in [2.75, 3.05) is 36.0 Å². The number of hydrogen-bond acceptors (Lipinski definition) is 6. The molecule has 1 unspecified atom stereocenters. The van der Waals surface area contributed by atoms with Gasteiger partial charge in [0.1, 0.15) is 29.4 Å². The van der Waals surface area contributed by atoms with Gasteiger partial charge in [0.05, 0.1) is 31.1 Å². The molecule has 3 aromatic heterocycles. The van der Waals surface area contributed by atoms with Crippen molar-refractivity contribution >= 4 is 17.3 Å². The second kappa shape index (κ2) is 11.3. The van der Waals surface area contributed by atoms with Gasteiger partial charge in [-0.25, -0.2) is 24.2 Å². The molecule has 41 heavy (non-hydrogen) atoms. The zero-order chi connectivity index (χ0) is 27.6. The van der Waals surface area contributed by atoms with Crippen LogP contribution in [0.2, 0.25) is 0 Å². The molecule has 7 rings (SSSR count). The van der Waals surface area contributed by atoms with Crippen LogP contribution >= 0.6 is 0 Å². The maximum absolute atomic E-state index is 14.0. The lowest BCUT2D eigenvalue weighted by atomic mass is 10.0. The number of piperazine rings is 1. The van der Waals surface area contributed by atoms with Crippen LogP contribution in [0.4, 0.5) is 16.0 Å². The van der Waals surface area contributed by atoms with Gasteiger partial charge in [-0.1, -0.05) is 48.5 Å². The molecular formula is C32H31FN7O. The van der Waals surface area contributed by atoms with Gasteiger partial charge in [-0.05, 0) is 60.4 Å². The first-order valence-electron chi connectivity index (χ1n) is 14.1. The van der Waals surface area contributed by atoms with E-state index in [4.69, 9.17) is 14.8 Å². The molecule has 5 heterocycles. The predicted molar refractivity (Wildman–Crippen MR) is 156 cm³/mol. The summed E-state index contributed by atoms with van der Waals surface area (Å²) < 4.78 is 22.0. The van der Waals surface area contributed by atoms with E-state index in [0.717, 1.165) is 65.7 Å². The van der Waals surface area contributed by atoms with E-state index in [9.17, 15) is 4.39 Å². The van der Waals surface area contributed by atoms with Crippen molar-refractivity contribution in [3.8, 4) is 11.4 Å². The first kappa shape index (κ1) is 25.6. The molecule has 2 aromatic carbocycles. The Morgan fingerprint density at radius 2 is 1.80 bits per heavy atom. The Bertz CT molecular complexity index is 1640. The maximum atomic E-state index is 14.0. The quantitative estimate of drug-likeness (QED) is 0.277. The van der Waals surface area contributed by atoms with Crippen molar-refractivity contribution in [3.63, 3.8) is 0 Å². The molecule has 8 nitrogen and oxygen atoms in total. The van der Waals surface area contributed by atoms with Crippen LogP contribution in [0.3, 0.4) is 0 Å². The molecule has 2 atom stereocenters. The van der Waals surface area contributed by atoms with Gasteiger partial charge >= 0.3 is 0 Å². The third kappa shape index (κ3) is 5.38. The molecule has 2 fully saturated rings. The number of aromatic nitrogens is 4. The van der Waals surface area contributed by atoms with Gasteiger partial charge in [-0.2, -0.15) is 0 Å². The minimum Gasteiger partial charge on any atom is -0.355 e. The minimum absolute atomic E-state index is 0.0886. The molecule has 0 saturated carbocycles. The van der Waals surface area contributed by atoms with E-state index < -0.39 is 0 Å². The second-order valence-corrected chi connectivity index (χ2v) is 10.5. The Balaban J connectivity index is 1.12. The highest BCUT2D eigenvalue weighted by Crippen LogP contribution is 2.35. The highest BCUT2D eigenvalue weighted by atomic mass is 19.1. The summed E-state index contributed by atoms with van der Waals surface area (Å²) in [5.41, 5.74) is 4.49. The fourth-order valence-corrected chi connectivity index (χ4v) is 5.77. The third-order valence-electron chi connectivity index (χ3n) is 7.81. The van der Waals surface area contributed by atoms with E-state index in [1.165, 1.54) is 6.07 Å². The number of imidazole rings is 1. The number of fused-ring (bicyclic) bond motifs is 1. The summed E-state index contributed by atoms with van der Waals surface area (Å²) in [4.78, 5) is 14.1. The van der Waals surface area contributed by atoms with Crippen LogP contribution < -0.4 is 15.1 Å². The van der Waals surface area contributed by atoms with Crippen LogP contribution in [-0.4, -0.2) is 52.0 Å². The molecule has 0 bridgehead atoms. The molecule has 0 N–H and O–H groups in total. The molecule has 5 aromatic rings. The maximum Gasteiger partial charge on any atom is 0.154 e. The third-order valence-corrected chi connectivity index (χ3v) is 7.81. The average molecular weight is 549 g/mol. The molecule has 2 aliphatic heterocycles. The summed E-state index contributed by atoms with van der Waals surface area (Å²) in [5.74, 6) is 1.51. The van der Waals surface area contributed by atoms with Gasteiger partial charge in [0.25, 0.3) is 0 Å². The summed E-state index contributed by atoms with van der Waals surface area (Å²) in [7, 11) is 0. The van der Waals surface area contributed by atoms with Crippen LogP contribution in [0, 0.1) is 5.82 Å². The molecule has 207 valence electrons. The van der Waals surface area contributed by atoms with Crippen molar-refractivity contribution in [2.45, 2.75) is 31.7 Å². The van der Waals surface area contributed by atoms with E-state index in [1.54, 1.807) is 12.1 Å². The van der Waals surface area contributed by atoms with Crippen molar-refractivity contribution in [3.05, 3.63) is 108 Å². The molecular weight excluding hydrogens is 517 g/mol. The fourth-order valence-electron chi connectivity index (χ4n) is 5.77. The fraction of sp³-hybridized carbons (Fsp3) is 0.281. The summed E-state index contributed by atoms with van der Waals surface area (Å²) in [6.45, 7) is 3.52. The normalized spacial score (nSPS) is 19.2. The molecule has 0 spiro atoms. The Hall–Kier alpha value is -4.34. The predicted octanol–water partition coefficient (Wildman–Crippen LogP) is 5.24. The molecule has 0 aliphatic carbocycles. The molecule has 1 radical (unpaired) electrons. The number of anilines is 2. The molecule has 2 saturated heterocycles. The lowest BCUT2D eigenvalue weighted by Gasteiger charge is -2.33. The van der Waals surface area contributed by atoms with Gasteiger partial charge in [0, 0.05) is 19.6 Å². The summed E-state index contributed by atoms with van der Waals surface area (Å²) in [5, 5.41) is 9.67. The monoisotopic (exact) mass is 548 g/mol. The summed E-state index contributed by atoms with van der Waals surface area (Å²) in [6.07, 6.45) is 3.60. The first-order chi connectivity index (χ1) is 20.2. The van der Waals surface area contributed by atoms with E-state index in [0.29, 0.717) is 19.7 Å². The first-order valence-corrected chi connectivity index (χ1v) is 14.1. The number of nitrogens with zero attached hydrogens (tertiary/aromatic N) is 7. The van der Waals surface area contributed by atoms with Crippen LogP contribution in [0.1, 0.15) is 30.0 Å². The van der Waals surface area contributed by atoms with Crippen LogP contribution in [0.15, 0.2) is 91.1 Å². The lowest BCUT2D eigenvalue weighted by Crippen LogP contribution is -2.48. The van der Waals surface area contributed by atoms with E-state index in [2.05, 4.69) is 32.2 Å². The smallest absolute Gasteiger partial charge is 0.154 e. The Kier molecular flexibility index (Phi) is 7.04. The van der Waals surface area contributed by atoms with Gasteiger partial charge in [0.2, 0.25) is 0 Å².